The summed E-state index contributed by atoms with van der Waals surface area (Å²) in [6.07, 6.45) is 1.71. The molecule has 1 unspecified atom stereocenters. The first kappa shape index (κ1) is 23.3. The lowest BCUT2D eigenvalue weighted by molar-refractivity contribution is -0.384. The number of nitro benzene ring substituents is 1. The van der Waals surface area contributed by atoms with Crippen molar-refractivity contribution in [2.45, 2.75) is 25.2 Å². The lowest BCUT2D eigenvalue weighted by Crippen LogP contribution is -2.11. The molecule has 0 bridgehead atoms. The van der Waals surface area contributed by atoms with Gasteiger partial charge in [-0.25, -0.2) is 23.6 Å². The van der Waals surface area contributed by atoms with Gasteiger partial charge in [0.25, 0.3) is 5.69 Å². The molecule has 0 aliphatic heterocycles. The standard InChI is InChI=1S/C23H18ClF2N5O3/c1-27-19-8-4-14(31(32)33)12-20(19)34-10-2-9-28-22-17-7-6-16(21(17)29-23(24)30-22)15-5-3-13(25)11-18(15)26/h3-5,8,11-12,16H,2,6-7,9-10H2,(H,28,29,30). The Morgan fingerprint density at radius 1 is 1.26 bits per heavy atom. The van der Waals surface area contributed by atoms with E-state index in [0.29, 0.717) is 42.9 Å². The van der Waals surface area contributed by atoms with Gasteiger partial charge >= 0.3 is 0 Å². The Balaban J connectivity index is 1.41. The van der Waals surface area contributed by atoms with E-state index in [1.807, 2.05) is 0 Å². The number of fused-ring (bicyclic) bond motifs is 1. The van der Waals surface area contributed by atoms with Crippen LogP contribution in [0.2, 0.25) is 5.28 Å². The van der Waals surface area contributed by atoms with Crippen molar-refractivity contribution in [3.63, 3.8) is 0 Å². The Kier molecular flexibility index (Phi) is 6.84. The van der Waals surface area contributed by atoms with Crippen LogP contribution in [0.25, 0.3) is 4.85 Å². The summed E-state index contributed by atoms with van der Waals surface area (Å²) >= 11 is 6.12. The van der Waals surface area contributed by atoms with Crippen molar-refractivity contribution < 1.29 is 18.4 Å². The van der Waals surface area contributed by atoms with E-state index >= 15 is 0 Å². The number of rotatable bonds is 8. The van der Waals surface area contributed by atoms with Gasteiger partial charge in [-0.15, -0.1) is 0 Å². The Morgan fingerprint density at radius 3 is 2.82 bits per heavy atom. The van der Waals surface area contributed by atoms with Crippen molar-refractivity contribution in [2.24, 2.45) is 0 Å². The zero-order chi connectivity index (χ0) is 24.2. The second kappa shape index (κ2) is 9.97. The van der Waals surface area contributed by atoms with E-state index in [2.05, 4.69) is 20.1 Å². The van der Waals surface area contributed by atoms with Crippen LogP contribution in [0.4, 0.5) is 26.0 Å². The molecular formula is C23H18ClF2N5O3. The molecule has 1 N–H and O–H groups in total. The molecule has 1 heterocycles. The summed E-state index contributed by atoms with van der Waals surface area (Å²) in [5.41, 5.74) is 1.84. The molecule has 0 fully saturated rings. The van der Waals surface area contributed by atoms with E-state index in [1.165, 1.54) is 30.3 Å². The molecular weight excluding hydrogens is 468 g/mol. The number of benzene rings is 2. The minimum absolute atomic E-state index is 0.0187. The first-order valence-corrected chi connectivity index (χ1v) is 10.8. The molecule has 0 spiro atoms. The fourth-order valence-electron chi connectivity index (χ4n) is 3.95. The number of hydrogen-bond donors (Lipinski definition) is 1. The van der Waals surface area contributed by atoms with Gasteiger partial charge in [0.2, 0.25) is 11.0 Å². The number of nitrogens with one attached hydrogen (secondary N) is 1. The number of nitro groups is 1. The summed E-state index contributed by atoms with van der Waals surface area (Å²) < 4.78 is 33.2. The van der Waals surface area contributed by atoms with Gasteiger partial charge in [0.05, 0.1) is 23.8 Å². The van der Waals surface area contributed by atoms with Crippen molar-refractivity contribution in [1.29, 1.82) is 0 Å². The maximum Gasteiger partial charge on any atom is 0.270 e. The lowest BCUT2D eigenvalue weighted by atomic mass is 9.96. The number of hydrogen-bond acceptors (Lipinski definition) is 6. The van der Waals surface area contributed by atoms with Crippen LogP contribution < -0.4 is 10.1 Å². The highest BCUT2D eigenvalue weighted by atomic mass is 35.5. The highest BCUT2D eigenvalue weighted by molar-refractivity contribution is 6.28. The number of anilines is 1. The molecule has 2 aromatic carbocycles. The molecule has 0 radical (unpaired) electrons. The zero-order valence-electron chi connectivity index (χ0n) is 17.7. The molecule has 1 aliphatic carbocycles. The highest BCUT2D eigenvalue weighted by Crippen LogP contribution is 2.41. The quantitative estimate of drug-likeness (QED) is 0.142. The Bertz CT molecular complexity index is 1300. The number of halogens is 3. The molecule has 8 nitrogen and oxygen atoms in total. The molecule has 34 heavy (non-hydrogen) atoms. The van der Waals surface area contributed by atoms with Crippen LogP contribution in [0.3, 0.4) is 0 Å². The lowest BCUT2D eigenvalue weighted by Gasteiger charge is -2.14. The molecule has 3 aromatic rings. The minimum Gasteiger partial charge on any atom is -0.504 e. The molecule has 174 valence electrons. The van der Waals surface area contributed by atoms with Crippen LogP contribution in [0.1, 0.15) is 35.6 Å². The summed E-state index contributed by atoms with van der Waals surface area (Å²) in [5, 5.41) is 14.2. The van der Waals surface area contributed by atoms with Crippen molar-refractivity contribution in [3.8, 4) is 5.75 Å². The molecule has 0 saturated heterocycles. The van der Waals surface area contributed by atoms with E-state index < -0.39 is 16.6 Å². The third-order valence-corrected chi connectivity index (χ3v) is 5.68. The second-order valence-corrected chi connectivity index (χ2v) is 7.95. The van der Waals surface area contributed by atoms with Gasteiger partial charge in [-0.3, -0.25) is 10.1 Å². The van der Waals surface area contributed by atoms with Crippen LogP contribution in [-0.4, -0.2) is 28.0 Å². The molecule has 0 amide bonds. The summed E-state index contributed by atoms with van der Waals surface area (Å²) in [7, 11) is 0. The largest absolute Gasteiger partial charge is 0.504 e. The van der Waals surface area contributed by atoms with Crippen molar-refractivity contribution >= 4 is 28.8 Å². The Labute approximate surface area is 198 Å². The number of nitrogens with zero attached hydrogens (tertiary/aromatic N) is 4. The third-order valence-electron chi connectivity index (χ3n) is 5.51. The van der Waals surface area contributed by atoms with E-state index in [1.54, 1.807) is 0 Å². The van der Waals surface area contributed by atoms with Gasteiger partial charge in [0, 0.05) is 36.2 Å². The van der Waals surface area contributed by atoms with Crippen LogP contribution in [-0.2, 0) is 6.42 Å². The molecule has 1 aromatic heterocycles. The second-order valence-electron chi connectivity index (χ2n) is 7.61. The third kappa shape index (κ3) is 4.89. The summed E-state index contributed by atoms with van der Waals surface area (Å²) in [6, 6.07) is 7.34. The number of non-ortho nitro benzene ring substituents is 1. The average Bonchev–Trinajstić information content (AvgIpc) is 3.22. The molecule has 1 atom stereocenters. The monoisotopic (exact) mass is 485 g/mol. The smallest absolute Gasteiger partial charge is 0.270 e. The Morgan fingerprint density at radius 2 is 2.09 bits per heavy atom. The highest BCUT2D eigenvalue weighted by Gasteiger charge is 2.31. The van der Waals surface area contributed by atoms with Crippen molar-refractivity contribution in [2.75, 3.05) is 18.5 Å². The summed E-state index contributed by atoms with van der Waals surface area (Å²) in [4.78, 5) is 22.3. The Hall–Kier alpha value is -3.84. The fourth-order valence-corrected chi connectivity index (χ4v) is 4.13. The van der Waals surface area contributed by atoms with Crippen LogP contribution in [0.5, 0.6) is 5.75 Å². The fraction of sp³-hybridized carbons (Fsp3) is 0.261. The number of aromatic nitrogens is 2. The first-order chi connectivity index (χ1) is 16.4. The normalized spacial score (nSPS) is 14.4. The molecule has 0 saturated carbocycles. The van der Waals surface area contributed by atoms with E-state index in [0.717, 1.165) is 11.6 Å². The topological polar surface area (TPSA) is 94.5 Å². The van der Waals surface area contributed by atoms with Gasteiger partial charge in [-0.1, -0.05) is 6.07 Å². The van der Waals surface area contributed by atoms with Gasteiger partial charge in [-0.2, -0.15) is 0 Å². The van der Waals surface area contributed by atoms with Gasteiger partial charge in [0.1, 0.15) is 23.2 Å². The van der Waals surface area contributed by atoms with Gasteiger partial charge in [-0.05, 0) is 48.6 Å². The van der Waals surface area contributed by atoms with Crippen LogP contribution >= 0.6 is 11.6 Å². The molecule has 1 aliphatic rings. The maximum atomic E-state index is 14.3. The maximum absolute atomic E-state index is 14.3. The van der Waals surface area contributed by atoms with Crippen molar-refractivity contribution in [3.05, 3.63) is 91.7 Å². The summed E-state index contributed by atoms with van der Waals surface area (Å²) in [5.74, 6) is -0.921. The van der Waals surface area contributed by atoms with Crippen molar-refractivity contribution in [1.82, 2.24) is 9.97 Å². The van der Waals surface area contributed by atoms with Crippen LogP contribution in [0, 0.1) is 28.3 Å². The minimum atomic E-state index is -0.640. The van der Waals surface area contributed by atoms with Gasteiger partial charge < -0.3 is 10.1 Å². The van der Waals surface area contributed by atoms with E-state index in [9.17, 15) is 18.9 Å². The first-order valence-electron chi connectivity index (χ1n) is 10.4. The molecule has 11 heteroatoms. The predicted octanol–water partition coefficient (Wildman–Crippen LogP) is 5.83. The number of ether oxygens (including phenoxy) is 1. The SMILES string of the molecule is [C-]#[N+]c1ccc([N+](=O)[O-])cc1OCCCNc1nc(Cl)nc2c1CCC2c1ccc(F)cc1F. The predicted molar refractivity (Wildman–Crippen MR) is 122 cm³/mol. The average molecular weight is 486 g/mol. The van der Waals surface area contributed by atoms with E-state index in [4.69, 9.17) is 22.9 Å². The molecule has 4 rings (SSSR count). The summed E-state index contributed by atoms with van der Waals surface area (Å²) in [6.45, 7) is 7.83. The van der Waals surface area contributed by atoms with E-state index in [-0.39, 0.29) is 34.9 Å². The van der Waals surface area contributed by atoms with Gasteiger partial charge in [0.15, 0.2) is 0 Å². The zero-order valence-corrected chi connectivity index (χ0v) is 18.5. The van der Waals surface area contributed by atoms with Crippen LogP contribution in [0.15, 0.2) is 36.4 Å².